The van der Waals surface area contributed by atoms with Gasteiger partial charge in [0.1, 0.15) is 6.10 Å². The van der Waals surface area contributed by atoms with Gasteiger partial charge in [0, 0.05) is 24.9 Å². The second kappa shape index (κ2) is 5.10. The molecule has 1 aliphatic carbocycles. The molecule has 2 unspecified atom stereocenters. The summed E-state index contributed by atoms with van der Waals surface area (Å²) >= 11 is 0. The maximum absolute atomic E-state index is 11.1. The number of carbonyl (C=O) groups excluding carboxylic acids is 1. The van der Waals surface area contributed by atoms with Crippen molar-refractivity contribution < 1.29 is 19.2 Å². The van der Waals surface area contributed by atoms with E-state index in [-0.39, 0.29) is 36.6 Å². The van der Waals surface area contributed by atoms with Gasteiger partial charge in [-0.25, -0.2) is 0 Å². The van der Waals surface area contributed by atoms with Crippen LogP contribution in [-0.2, 0) is 14.1 Å². The first-order chi connectivity index (χ1) is 7.26. The molecule has 1 heterocycles. The first-order valence-corrected chi connectivity index (χ1v) is 7.08. The predicted molar refractivity (Wildman–Crippen MR) is 63.2 cm³/mol. The molecule has 7 heteroatoms. The van der Waals surface area contributed by atoms with E-state index in [4.69, 9.17) is 9.26 Å². The van der Waals surface area contributed by atoms with Crippen molar-refractivity contribution in [2.45, 2.75) is 25.0 Å². The van der Waals surface area contributed by atoms with Crippen LogP contribution in [0.4, 0.5) is 0 Å². The van der Waals surface area contributed by atoms with Crippen LogP contribution in [0.3, 0.4) is 0 Å². The molecule has 0 spiro atoms. The van der Waals surface area contributed by atoms with E-state index in [0.717, 1.165) is 13.1 Å². The Kier molecular flexibility index (Phi) is 4.01. The van der Waals surface area contributed by atoms with E-state index in [2.05, 4.69) is 9.12 Å². The molecule has 1 N–H and O–H groups in total. The average Bonchev–Trinajstić information content (AvgIpc) is 2.70. The Bertz CT molecular complexity index is 253. The number of fused-ring (bicyclic) bond motifs is 1. The molecule has 84 valence electrons. The standard InChI is InChI=1S/C8H15BO4P2/c10-3-5-4-1-8(11)12-6(4)2-7(5)13-15-9-14/h4-7,9-10,15H,1-3,14H2/t4-,5-,6+,7-/m1/s1. The van der Waals surface area contributed by atoms with Gasteiger partial charge in [0.25, 0.3) is 0 Å². The van der Waals surface area contributed by atoms with Gasteiger partial charge in [0.2, 0.25) is 6.72 Å². The summed E-state index contributed by atoms with van der Waals surface area (Å²) in [5.41, 5.74) is 0. The molecule has 0 bridgehead atoms. The van der Waals surface area contributed by atoms with Crippen LogP contribution in [0.1, 0.15) is 12.8 Å². The lowest BCUT2D eigenvalue weighted by Crippen LogP contribution is -2.24. The van der Waals surface area contributed by atoms with Crippen LogP contribution in [0.2, 0.25) is 0 Å². The summed E-state index contributed by atoms with van der Waals surface area (Å²) < 4.78 is 10.9. The maximum atomic E-state index is 11.1. The van der Waals surface area contributed by atoms with Crippen molar-refractivity contribution in [3.8, 4) is 0 Å². The number of ether oxygens (including phenoxy) is 1. The second-order valence-electron chi connectivity index (χ2n) is 3.98. The summed E-state index contributed by atoms with van der Waals surface area (Å²) in [6.07, 6.45) is 1.24. The van der Waals surface area contributed by atoms with Crippen LogP contribution in [0.5, 0.6) is 0 Å². The maximum Gasteiger partial charge on any atom is 0.306 e. The van der Waals surface area contributed by atoms with Gasteiger partial charge in [-0.2, -0.15) is 9.12 Å². The fourth-order valence-electron chi connectivity index (χ4n) is 2.50. The zero-order chi connectivity index (χ0) is 10.8. The Hall–Kier alpha value is 0.315. The van der Waals surface area contributed by atoms with Crippen LogP contribution in [0.15, 0.2) is 0 Å². The molecule has 1 saturated heterocycles. The fourth-order valence-corrected chi connectivity index (χ4v) is 3.37. The van der Waals surface area contributed by atoms with Gasteiger partial charge >= 0.3 is 5.97 Å². The highest BCUT2D eigenvalue weighted by atomic mass is 31.1. The Morgan fingerprint density at radius 2 is 2.53 bits per heavy atom. The number of hydrogen-bond donors (Lipinski definition) is 1. The van der Waals surface area contributed by atoms with E-state index in [1.54, 1.807) is 0 Å². The van der Waals surface area contributed by atoms with Crippen LogP contribution < -0.4 is 0 Å². The molecule has 2 rings (SSSR count). The van der Waals surface area contributed by atoms with Gasteiger partial charge in [-0.3, -0.25) is 4.79 Å². The molecule has 15 heavy (non-hydrogen) atoms. The minimum absolute atomic E-state index is 0.0195. The number of esters is 1. The zero-order valence-corrected chi connectivity index (χ0v) is 10.5. The molecule has 0 aromatic rings. The Morgan fingerprint density at radius 3 is 3.20 bits per heavy atom. The Morgan fingerprint density at radius 1 is 1.73 bits per heavy atom. The van der Waals surface area contributed by atoms with Crippen LogP contribution in [-0.4, -0.2) is 36.6 Å². The molecule has 0 radical (unpaired) electrons. The van der Waals surface area contributed by atoms with Crippen molar-refractivity contribution in [1.82, 2.24) is 0 Å². The minimum atomic E-state index is -0.129. The monoisotopic (exact) mass is 248 g/mol. The summed E-state index contributed by atoms with van der Waals surface area (Å²) in [5.74, 6) is 0.114. The van der Waals surface area contributed by atoms with Gasteiger partial charge in [-0.05, 0) is 8.69 Å². The molecular weight excluding hydrogens is 233 g/mol. The molecule has 2 aliphatic rings. The van der Waals surface area contributed by atoms with E-state index in [9.17, 15) is 9.90 Å². The van der Waals surface area contributed by atoms with Gasteiger partial charge in [-0.15, -0.1) is 0 Å². The normalized spacial score (nSPS) is 39.7. The van der Waals surface area contributed by atoms with E-state index in [1.165, 1.54) is 0 Å². The van der Waals surface area contributed by atoms with Gasteiger partial charge in [-0.1, -0.05) is 0 Å². The van der Waals surface area contributed by atoms with Gasteiger partial charge in [0.05, 0.1) is 12.5 Å². The lowest BCUT2D eigenvalue weighted by Gasteiger charge is -2.20. The first-order valence-electron chi connectivity index (χ1n) is 5.15. The molecular formula is C8H15BO4P2. The van der Waals surface area contributed by atoms with Crippen molar-refractivity contribution in [1.29, 1.82) is 0 Å². The number of carbonyl (C=O) groups is 1. The highest BCUT2D eigenvalue weighted by Gasteiger charge is 2.50. The molecule has 0 aromatic carbocycles. The Labute approximate surface area is 93.7 Å². The van der Waals surface area contributed by atoms with E-state index in [1.807, 2.05) is 0 Å². The number of aliphatic hydroxyl groups excluding tert-OH is 1. The molecule has 6 atom stereocenters. The van der Waals surface area contributed by atoms with E-state index >= 15 is 0 Å². The summed E-state index contributed by atoms with van der Waals surface area (Å²) in [6, 6.07) is 0. The largest absolute Gasteiger partial charge is 0.462 e. The van der Waals surface area contributed by atoms with Crippen molar-refractivity contribution in [2.24, 2.45) is 11.8 Å². The second-order valence-corrected chi connectivity index (χ2v) is 6.14. The summed E-state index contributed by atoms with van der Waals surface area (Å²) in [4.78, 5) is 11.1. The summed E-state index contributed by atoms with van der Waals surface area (Å²) in [7, 11) is 3.07. The Balaban J connectivity index is 1.97. The van der Waals surface area contributed by atoms with Crippen LogP contribution >= 0.6 is 17.8 Å². The van der Waals surface area contributed by atoms with Crippen LogP contribution in [0, 0.1) is 11.8 Å². The van der Waals surface area contributed by atoms with Gasteiger partial charge < -0.3 is 14.4 Å². The third kappa shape index (κ3) is 2.36. The molecule has 1 saturated carbocycles. The molecule has 4 nitrogen and oxygen atoms in total. The number of aliphatic hydroxyl groups is 1. The first kappa shape index (κ1) is 11.8. The SMILES string of the molecule is O=C1C[C@@H]2[C@@H](CO)[C@H](OPBP)C[C@@H]2O1. The lowest BCUT2D eigenvalue weighted by molar-refractivity contribution is -0.141. The van der Waals surface area contributed by atoms with Crippen molar-refractivity contribution >= 4 is 30.5 Å². The highest BCUT2D eigenvalue weighted by Crippen LogP contribution is 2.44. The number of rotatable bonds is 4. The van der Waals surface area contributed by atoms with Gasteiger partial charge in [0.15, 0.2) is 0 Å². The predicted octanol–water partition coefficient (Wildman–Crippen LogP) is 0.0506. The van der Waals surface area contributed by atoms with Crippen molar-refractivity contribution in [2.75, 3.05) is 6.61 Å². The third-order valence-electron chi connectivity index (χ3n) is 3.18. The zero-order valence-electron chi connectivity index (χ0n) is 8.39. The lowest BCUT2D eigenvalue weighted by atomic mass is 9.93. The van der Waals surface area contributed by atoms with Crippen LogP contribution in [0.25, 0.3) is 0 Å². The summed E-state index contributed by atoms with van der Waals surface area (Å²) in [5, 5.41) is 9.32. The van der Waals surface area contributed by atoms with E-state index in [0.29, 0.717) is 15.1 Å². The minimum Gasteiger partial charge on any atom is -0.462 e. The van der Waals surface area contributed by atoms with Crippen molar-refractivity contribution in [3.63, 3.8) is 0 Å². The van der Waals surface area contributed by atoms with E-state index < -0.39 is 0 Å². The third-order valence-corrected chi connectivity index (χ3v) is 4.32. The highest BCUT2D eigenvalue weighted by molar-refractivity contribution is 7.92. The average molecular weight is 248 g/mol. The molecule has 2 fully saturated rings. The summed E-state index contributed by atoms with van der Waals surface area (Å²) in [6.45, 7) is 1.01. The van der Waals surface area contributed by atoms with Crippen molar-refractivity contribution in [3.05, 3.63) is 0 Å². The topological polar surface area (TPSA) is 55.8 Å². The number of hydrogen-bond acceptors (Lipinski definition) is 4. The molecule has 0 aromatic heterocycles. The molecule has 0 amide bonds. The quantitative estimate of drug-likeness (QED) is 0.434. The smallest absolute Gasteiger partial charge is 0.306 e. The molecule has 1 aliphatic heterocycles. The fraction of sp³-hybridized carbons (Fsp3) is 0.875.